The van der Waals surface area contributed by atoms with Gasteiger partial charge in [-0.1, -0.05) is 158 Å². The van der Waals surface area contributed by atoms with Gasteiger partial charge in [0.2, 0.25) is 5.95 Å². The van der Waals surface area contributed by atoms with Crippen molar-refractivity contribution in [2.75, 3.05) is 0 Å². The van der Waals surface area contributed by atoms with E-state index in [4.69, 9.17) is 29.3 Å². The predicted octanol–water partition coefficient (Wildman–Crippen LogP) is 14.4. The van der Waals surface area contributed by atoms with Crippen molar-refractivity contribution in [2.45, 2.75) is 0 Å². The summed E-state index contributed by atoms with van der Waals surface area (Å²) in [5.41, 5.74) is 11.2. The molecule has 13 aromatic rings. The second-order valence-corrected chi connectivity index (χ2v) is 16.7. The summed E-state index contributed by atoms with van der Waals surface area (Å²) in [5, 5.41) is 5.33. The van der Waals surface area contributed by atoms with Crippen LogP contribution in [0.1, 0.15) is 0 Å². The molecule has 0 fully saturated rings. The predicted molar refractivity (Wildman–Crippen MR) is 257 cm³/mol. The van der Waals surface area contributed by atoms with Crippen LogP contribution in [0.4, 0.5) is 0 Å². The Hall–Kier alpha value is -8.33. The van der Waals surface area contributed by atoms with Gasteiger partial charge in [0.05, 0.1) is 32.5 Å². The van der Waals surface area contributed by atoms with E-state index in [1.807, 2.05) is 48.5 Å². The Bertz CT molecular complexity index is 3910. The Balaban J connectivity index is 1.01. The first-order chi connectivity index (χ1) is 31.2. The van der Waals surface area contributed by atoms with Crippen LogP contribution in [0.2, 0.25) is 0 Å². The quantitative estimate of drug-likeness (QED) is 0.166. The summed E-state index contributed by atoms with van der Waals surface area (Å²) >= 11 is 1.73. The molecule has 13 rings (SSSR count). The molecule has 0 aliphatic rings. The number of rotatable bonds is 6. The van der Waals surface area contributed by atoms with Crippen molar-refractivity contribution in [1.82, 2.24) is 29.5 Å². The number of furan rings is 1. The van der Waals surface area contributed by atoms with Crippen molar-refractivity contribution in [3.63, 3.8) is 0 Å². The average Bonchev–Trinajstić information content (AvgIpc) is 4.04. The summed E-state index contributed by atoms with van der Waals surface area (Å²) in [6, 6.07) is 66.8. The highest BCUT2D eigenvalue weighted by Crippen LogP contribution is 2.42. The lowest BCUT2D eigenvalue weighted by Crippen LogP contribution is -2.06. The lowest BCUT2D eigenvalue weighted by Gasteiger charge is -2.11. The molecule has 0 N–H and O–H groups in total. The normalized spacial score (nSPS) is 11.8. The molecule has 0 saturated carbocycles. The fraction of sp³-hybridized carbons (Fsp3) is 0. The van der Waals surface area contributed by atoms with Gasteiger partial charge in [0, 0.05) is 48.3 Å². The van der Waals surface area contributed by atoms with Crippen LogP contribution in [0.15, 0.2) is 199 Å². The largest absolute Gasteiger partial charge is 0.455 e. The molecule has 5 heterocycles. The van der Waals surface area contributed by atoms with Gasteiger partial charge in [-0.2, -0.15) is 9.97 Å². The van der Waals surface area contributed by atoms with Gasteiger partial charge < -0.3 is 4.42 Å². The van der Waals surface area contributed by atoms with E-state index in [1.54, 1.807) is 11.3 Å². The zero-order chi connectivity index (χ0) is 41.4. The van der Waals surface area contributed by atoms with Crippen LogP contribution in [0.25, 0.3) is 127 Å². The second-order valence-electron chi connectivity index (χ2n) is 15.6. The first-order valence-electron chi connectivity index (χ1n) is 20.8. The van der Waals surface area contributed by atoms with Crippen LogP contribution in [0.3, 0.4) is 0 Å². The molecule has 0 aliphatic heterocycles. The van der Waals surface area contributed by atoms with Crippen molar-refractivity contribution < 1.29 is 4.42 Å². The van der Waals surface area contributed by atoms with Crippen molar-refractivity contribution in [3.8, 4) is 62.5 Å². The van der Waals surface area contributed by atoms with Gasteiger partial charge in [0.25, 0.3) is 0 Å². The molecule has 0 saturated heterocycles. The Labute approximate surface area is 364 Å². The van der Waals surface area contributed by atoms with Gasteiger partial charge in [0.1, 0.15) is 11.2 Å². The van der Waals surface area contributed by atoms with E-state index in [0.29, 0.717) is 29.0 Å². The Morgan fingerprint density at radius 2 is 1.05 bits per heavy atom. The number of aromatic nitrogens is 6. The minimum absolute atomic E-state index is 0.513. The SMILES string of the molecule is c1ccc(-c2nc(-c3cccc4c3oc3cc(-c5nc(-c6ccccc6)c6sc7ccccc7c6n5)ccc34)nc(-n3c4ccccc4c4c(-c5ccccc5)cccc43)n2)cc1. The third-order valence-corrected chi connectivity index (χ3v) is 13.1. The smallest absolute Gasteiger partial charge is 0.238 e. The van der Waals surface area contributed by atoms with Gasteiger partial charge in [-0.25, -0.2) is 15.0 Å². The molecule has 63 heavy (non-hydrogen) atoms. The third-order valence-electron chi connectivity index (χ3n) is 11.9. The Morgan fingerprint density at radius 1 is 0.413 bits per heavy atom. The average molecular weight is 825 g/mol. The maximum absolute atomic E-state index is 6.88. The molecule has 0 unspecified atom stereocenters. The van der Waals surface area contributed by atoms with Gasteiger partial charge in [-0.05, 0) is 47.5 Å². The van der Waals surface area contributed by atoms with Crippen molar-refractivity contribution in [1.29, 1.82) is 0 Å². The molecule has 0 atom stereocenters. The molecule has 0 spiro atoms. The minimum Gasteiger partial charge on any atom is -0.455 e. The summed E-state index contributed by atoms with van der Waals surface area (Å²) in [7, 11) is 0. The summed E-state index contributed by atoms with van der Waals surface area (Å²) in [4.78, 5) is 26.1. The number of hydrogen-bond donors (Lipinski definition) is 0. The summed E-state index contributed by atoms with van der Waals surface area (Å²) in [6.45, 7) is 0. The number of benzene rings is 8. The molecule has 8 heteroatoms. The van der Waals surface area contributed by atoms with E-state index in [0.717, 1.165) is 92.8 Å². The zero-order valence-electron chi connectivity index (χ0n) is 33.5. The molecule has 0 radical (unpaired) electrons. The summed E-state index contributed by atoms with van der Waals surface area (Å²) < 4.78 is 11.3. The lowest BCUT2D eigenvalue weighted by atomic mass is 9.99. The number of nitrogens with zero attached hydrogens (tertiary/aromatic N) is 6. The highest BCUT2D eigenvalue weighted by molar-refractivity contribution is 7.26. The van der Waals surface area contributed by atoms with Crippen LogP contribution >= 0.6 is 11.3 Å². The second kappa shape index (κ2) is 14.1. The number of hydrogen-bond acceptors (Lipinski definition) is 7. The Morgan fingerprint density at radius 3 is 1.87 bits per heavy atom. The molecular weight excluding hydrogens is 793 g/mol. The molecule has 294 valence electrons. The summed E-state index contributed by atoms with van der Waals surface area (Å²) in [6.07, 6.45) is 0. The van der Waals surface area contributed by atoms with E-state index in [-0.39, 0.29) is 0 Å². The number of thiophene rings is 1. The fourth-order valence-corrected chi connectivity index (χ4v) is 10.2. The van der Waals surface area contributed by atoms with Crippen LogP contribution < -0.4 is 0 Å². The van der Waals surface area contributed by atoms with E-state index in [2.05, 4.69) is 150 Å². The maximum atomic E-state index is 6.88. The van der Waals surface area contributed by atoms with E-state index in [9.17, 15) is 0 Å². The molecule has 0 aliphatic carbocycles. The molecule has 7 nitrogen and oxygen atoms in total. The topological polar surface area (TPSA) is 82.5 Å². The van der Waals surface area contributed by atoms with Gasteiger partial charge in [0.15, 0.2) is 17.5 Å². The number of fused-ring (bicyclic) bond motifs is 9. The molecule has 8 aromatic carbocycles. The first-order valence-corrected chi connectivity index (χ1v) is 21.7. The van der Waals surface area contributed by atoms with E-state index >= 15 is 0 Å². The van der Waals surface area contributed by atoms with Gasteiger partial charge >= 0.3 is 0 Å². The van der Waals surface area contributed by atoms with E-state index < -0.39 is 0 Å². The monoisotopic (exact) mass is 824 g/mol. The highest BCUT2D eigenvalue weighted by atomic mass is 32.1. The zero-order valence-corrected chi connectivity index (χ0v) is 34.3. The standard InChI is InChI=1S/C55H32N6OS/c1-4-16-33(17-5-1)37-24-15-28-44-47(37)40-22-10-12-27-43(40)61(44)55-59-52(35-20-8-3-9-21-35)58-54(60-55)42-26-14-25-39-38-31-30-36(32-45(38)62-50(39)42)53-56-48(34-18-6-2-7-19-34)51-49(57-53)41-23-11-13-29-46(41)63-51/h1-32H. The maximum Gasteiger partial charge on any atom is 0.238 e. The van der Waals surface area contributed by atoms with E-state index in [1.165, 1.54) is 4.70 Å². The highest BCUT2D eigenvalue weighted by Gasteiger charge is 2.23. The number of para-hydroxylation sites is 2. The van der Waals surface area contributed by atoms with Crippen molar-refractivity contribution in [2.24, 2.45) is 0 Å². The van der Waals surface area contributed by atoms with Crippen molar-refractivity contribution in [3.05, 3.63) is 194 Å². The van der Waals surface area contributed by atoms with Crippen LogP contribution in [-0.4, -0.2) is 29.5 Å². The molecule has 5 aromatic heterocycles. The fourth-order valence-electron chi connectivity index (χ4n) is 9.02. The summed E-state index contributed by atoms with van der Waals surface area (Å²) in [5.74, 6) is 2.25. The van der Waals surface area contributed by atoms with Crippen molar-refractivity contribution >= 4 is 75.4 Å². The molecule has 0 bridgehead atoms. The van der Waals surface area contributed by atoms with Gasteiger partial charge in [-0.15, -0.1) is 11.3 Å². The first kappa shape index (κ1) is 35.4. The molecular formula is C55H32N6OS. The lowest BCUT2D eigenvalue weighted by molar-refractivity contribution is 0.669. The van der Waals surface area contributed by atoms with Crippen LogP contribution in [-0.2, 0) is 0 Å². The third kappa shape index (κ3) is 5.69. The molecule has 0 amide bonds. The van der Waals surface area contributed by atoms with Gasteiger partial charge in [-0.3, -0.25) is 4.57 Å². The van der Waals surface area contributed by atoms with Crippen LogP contribution in [0.5, 0.6) is 0 Å². The van der Waals surface area contributed by atoms with Crippen LogP contribution in [0, 0.1) is 0 Å². The minimum atomic E-state index is 0.513. The Kier molecular flexibility index (Phi) is 7.94.